The van der Waals surface area contributed by atoms with Crippen molar-refractivity contribution in [3.05, 3.63) is 105 Å². The molecule has 0 saturated carbocycles. The summed E-state index contributed by atoms with van der Waals surface area (Å²) in [5, 5.41) is 0. The molecule has 0 amide bonds. The molecular formula is C22H14O2. The van der Waals surface area contributed by atoms with Crippen LogP contribution in [0.3, 0.4) is 0 Å². The summed E-state index contributed by atoms with van der Waals surface area (Å²) in [5.41, 5.74) is 8.51. The van der Waals surface area contributed by atoms with Crippen LogP contribution in [0, 0.1) is 0 Å². The second-order valence-corrected chi connectivity index (χ2v) is 6.47. The third-order valence-corrected chi connectivity index (χ3v) is 5.40. The molecular weight excluding hydrogens is 296 g/mol. The van der Waals surface area contributed by atoms with Gasteiger partial charge in [0.2, 0.25) is 0 Å². The highest BCUT2D eigenvalue weighted by atomic mass is 16.1. The molecule has 0 radical (unpaired) electrons. The monoisotopic (exact) mass is 310 g/mol. The van der Waals surface area contributed by atoms with Gasteiger partial charge in [0.25, 0.3) is 0 Å². The van der Waals surface area contributed by atoms with Crippen LogP contribution in [0.4, 0.5) is 0 Å². The van der Waals surface area contributed by atoms with Crippen molar-refractivity contribution < 1.29 is 9.59 Å². The number of hydrogen-bond acceptors (Lipinski definition) is 2. The topological polar surface area (TPSA) is 34.1 Å². The summed E-state index contributed by atoms with van der Waals surface area (Å²) < 4.78 is 0. The predicted molar refractivity (Wildman–Crippen MR) is 92.0 cm³/mol. The van der Waals surface area contributed by atoms with Gasteiger partial charge in [0.05, 0.1) is 0 Å². The summed E-state index contributed by atoms with van der Waals surface area (Å²) in [6, 6.07) is 20.8. The molecule has 3 aromatic rings. The normalized spacial score (nSPS) is 19.2. The Morgan fingerprint density at radius 1 is 0.542 bits per heavy atom. The largest absolute Gasteiger partial charge is 0.298 e. The van der Waals surface area contributed by atoms with Crippen molar-refractivity contribution in [3.63, 3.8) is 0 Å². The lowest BCUT2D eigenvalue weighted by Crippen LogP contribution is -2.28. The van der Waals surface area contributed by atoms with E-state index in [0.29, 0.717) is 11.1 Å². The van der Waals surface area contributed by atoms with Gasteiger partial charge in [0, 0.05) is 23.0 Å². The molecule has 0 spiro atoms. The molecule has 0 fully saturated rings. The van der Waals surface area contributed by atoms with Gasteiger partial charge in [-0.1, -0.05) is 48.5 Å². The van der Waals surface area contributed by atoms with Crippen LogP contribution in [0.5, 0.6) is 0 Å². The van der Waals surface area contributed by atoms with Crippen molar-refractivity contribution >= 4 is 12.6 Å². The first-order chi connectivity index (χ1) is 11.8. The van der Waals surface area contributed by atoms with Crippen LogP contribution in [0.1, 0.15) is 65.9 Å². The Morgan fingerprint density at radius 3 is 1.17 bits per heavy atom. The van der Waals surface area contributed by atoms with Crippen molar-refractivity contribution in [2.45, 2.75) is 11.8 Å². The summed E-state index contributed by atoms with van der Waals surface area (Å²) in [5.74, 6) is 0.272. The van der Waals surface area contributed by atoms with Crippen molar-refractivity contribution in [1.29, 1.82) is 0 Å². The van der Waals surface area contributed by atoms with E-state index in [2.05, 4.69) is 48.5 Å². The Balaban J connectivity index is 1.89. The Bertz CT molecular complexity index is 888. The van der Waals surface area contributed by atoms with Crippen LogP contribution in [0.2, 0.25) is 0 Å². The molecule has 0 heterocycles. The number of benzene rings is 3. The summed E-state index contributed by atoms with van der Waals surface area (Å²) in [6.45, 7) is 0. The Hall–Kier alpha value is -3.00. The van der Waals surface area contributed by atoms with Gasteiger partial charge in [0.15, 0.2) is 12.6 Å². The molecule has 3 aromatic carbocycles. The lowest BCUT2D eigenvalue weighted by atomic mass is 9.61. The molecule has 3 aliphatic carbocycles. The van der Waals surface area contributed by atoms with Gasteiger partial charge in [-0.15, -0.1) is 0 Å². The molecule has 0 N–H and O–H groups in total. The number of rotatable bonds is 2. The van der Waals surface area contributed by atoms with Gasteiger partial charge >= 0.3 is 0 Å². The first-order valence-electron chi connectivity index (χ1n) is 8.09. The highest BCUT2D eigenvalue weighted by Crippen LogP contribution is 2.55. The SMILES string of the molecule is O=Cc1cc2c(cc1C=O)C1c3ccccc3C2c2ccccc21. The number of aldehydes is 2. The molecule has 0 aromatic heterocycles. The van der Waals surface area contributed by atoms with E-state index >= 15 is 0 Å². The van der Waals surface area contributed by atoms with E-state index in [1.165, 1.54) is 22.3 Å². The van der Waals surface area contributed by atoms with Gasteiger partial charge in [0.1, 0.15) is 0 Å². The highest BCUT2D eigenvalue weighted by molar-refractivity contribution is 5.91. The van der Waals surface area contributed by atoms with Crippen LogP contribution in [-0.4, -0.2) is 12.6 Å². The maximum absolute atomic E-state index is 11.4. The van der Waals surface area contributed by atoms with Crippen LogP contribution in [0.15, 0.2) is 60.7 Å². The van der Waals surface area contributed by atoms with Crippen molar-refractivity contribution in [2.75, 3.05) is 0 Å². The van der Waals surface area contributed by atoms with Gasteiger partial charge in [-0.2, -0.15) is 0 Å². The molecule has 2 nitrogen and oxygen atoms in total. The minimum atomic E-state index is 0.136. The molecule has 3 aliphatic rings. The average molecular weight is 310 g/mol. The average Bonchev–Trinajstić information content (AvgIpc) is 2.66. The van der Waals surface area contributed by atoms with Crippen LogP contribution in [-0.2, 0) is 0 Å². The van der Waals surface area contributed by atoms with Gasteiger partial charge in [-0.25, -0.2) is 0 Å². The van der Waals surface area contributed by atoms with E-state index < -0.39 is 0 Å². The fourth-order valence-electron chi connectivity index (χ4n) is 4.45. The fourth-order valence-corrected chi connectivity index (χ4v) is 4.45. The first-order valence-corrected chi connectivity index (χ1v) is 8.09. The van der Waals surface area contributed by atoms with E-state index in [0.717, 1.165) is 23.7 Å². The predicted octanol–water partition coefficient (Wildman–Crippen LogP) is 4.30. The Kier molecular flexibility index (Phi) is 2.66. The molecule has 24 heavy (non-hydrogen) atoms. The van der Waals surface area contributed by atoms with Crippen molar-refractivity contribution in [3.8, 4) is 0 Å². The number of carbonyl (C=O) groups is 2. The fraction of sp³-hybridized carbons (Fsp3) is 0.0909. The van der Waals surface area contributed by atoms with E-state index in [9.17, 15) is 9.59 Å². The van der Waals surface area contributed by atoms with Gasteiger partial charge < -0.3 is 0 Å². The molecule has 0 aliphatic heterocycles. The van der Waals surface area contributed by atoms with Crippen molar-refractivity contribution in [1.82, 2.24) is 0 Å². The molecule has 0 unspecified atom stereocenters. The lowest BCUT2D eigenvalue weighted by molar-refractivity contribution is 0.109. The lowest BCUT2D eigenvalue weighted by Gasteiger charge is -2.42. The molecule has 0 atom stereocenters. The van der Waals surface area contributed by atoms with Crippen LogP contribution < -0.4 is 0 Å². The molecule has 2 heteroatoms. The summed E-state index contributed by atoms with van der Waals surface area (Å²) >= 11 is 0. The van der Waals surface area contributed by atoms with E-state index in [1.807, 2.05) is 12.1 Å². The quantitative estimate of drug-likeness (QED) is 0.456. The summed E-state index contributed by atoms with van der Waals surface area (Å²) in [4.78, 5) is 22.8. The zero-order valence-corrected chi connectivity index (χ0v) is 12.9. The molecule has 6 rings (SSSR count). The molecule has 114 valence electrons. The zero-order valence-electron chi connectivity index (χ0n) is 12.9. The third-order valence-electron chi connectivity index (χ3n) is 5.40. The Labute approximate surface area is 139 Å². The second kappa shape index (κ2) is 4.75. The summed E-state index contributed by atoms with van der Waals surface area (Å²) in [6.07, 6.45) is 1.56. The molecule has 0 saturated heterocycles. The molecule has 2 bridgehead atoms. The van der Waals surface area contributed by atoms with Gasteiger partial charge in [-0.05, 0) is 45.5 Å². The van der Waals surface area contributed by atoms with E-state index in [1.54, 1.807) is 0 Å². The standard InChI is InChI=1S/C22H14O2/c23-11-13-9-19-20(10-14(13)12-24)22-16-6-2-1-5-15(16)21(19)17-7-3-4-8-18(17)22/h1-12,21-22H. The Morgan fingerprint density at radius 2 is 0.875 bits per heavy atom. The van der Waals surface area contributed by atoms with Gasteiger partial charge in [-0.3, -0.25) is 9.59 Å². The van der Waals surface area contributed by atoms with Crippen molar-refractivity contribution in [2.24, 2.45) is 0 Å². The maximum Gasteiger partial charge on any atom is 0.150 e. The first kappa shape index (κ1) is 13.4. The van der Waals surface area contributed by atoms with Crippen LogP contribution in [0.25, 0.3) is 0 Å². The minimum absolute atomic E-state index is 0.136. The third kappa shape index (κ3) is 1.55. The minimum Gasteiger partial charge on any atom is -0.298 e. The highest BCUT2D eigenvalue weighted by Gasteiger charge is 2.41. The van der Waals surface area contributed by atoms with Crippen LogP contribution >= 0.6 is 0 Å². The summed E-state index contributed by atoms with van der Waals surface area (Å²) in [7, 11) is 0. The zero-order chi connectivity index (χ0) is 16.3. The number of carbonyl (C=O) groups excluding carboxylic acids is 2. The maximum atomic E-state index is 11.4. The number of hydrogen-bond donors (Lipinski definition) is 0. The van der Waals surface area contributed by atoms with E-state index in [-0.39, 0.29) is 11.8 Å². The smallest absolute Gasteiger partial charge is 0.150 e. The van der Waals surface area contributed by atoms with E-state index in [4.69, 9.17) is 0 Å². The second-order valence-electron chi connectivity index (χ2n) is 6.47.